The minimum Gasteiger partial charge on any atom is -0.386 e. The van der Waals surface area contributed by atoms with Crippen LogP contribution in [0.15, 0.2) is 0 Å². The highest BCUT2D eigenvalue weighted by Gasteiger charge is 2.79. The Balaban J connectivity index is 3.87. The van der Waals surface area contributed by atoms with E-state index in [0.717, 1.165) is 20.8 Å². The largest absolute Gasteiger partial charge is 0.386 e. The van der Waals surface area contributed by atoms with E-state index in [4.69, 9.17) is 21.1 Å². The number of carbonyl (C=O) groups is 4. The van der Waals surface area contributed by atoms with Crippen LogP contribution >= 0.6 is 11.6 Å². The number of ketones is 4. The summed E-state index contributed by atoms with van der Waals surface area (Å²) in [6.07, 6.45) is -6.24. The third-order valence-electron chi connectivity index (χ3n) is 4.68. The molecule has 154 valence electrons. The Morgan fingerprint density at radius 1 is 1.04 bits per heavy atom. The van der Waals surface area contributed by atoms with E-state index in [1.165, 1.54) is 0 Å². The molecule has 0 aromatic heterocycles. The lowest BCUT2D eigenvalue weighted by molar-refractivity contribution is -0.358. The molecule has 1 unspecified atom stereocenters. The first kappa shape index (κ1) is 23.8. The van der Waals surface area contributed by atoms with Gasteiger partial charge in [0.05, 0.1) is 6.61 Å². The predicted molar refractivity (Wildman–Crippen MR) is 88.9 cm³/mol. The van der Waals surface area contributed by atoms with Crippen LogP contribution in [0.25, 0.3) is 0 Å². The minimum absolute atomic E-state index is 0.154. The number of alkyl halides is 1. The molecule has 0 saturated carbocycles. The summed E-state index contributed by atoms with van der Waals surface area (Å²) in [5, 5.41) is 42.6. The Bertz CT molecular complexity index is 649. The molecule has 1 rings (SSSR count). The summed E-state index contributed by atoms with van der Waals surface area (Å²) in [6.45, 7) is 2.85. The molecule has 1 fully saturated rings. The van der Waals surface area contributed by atoms with E-state index in [1.54, 1.807) is 0 Å². The average molecular weight is 411 g/mol. The summed E-state index contributed by atoms with van der Waals surface area (Å²) in [4.78, 5) is 49.2. The number of ether oxygens (including phenoxy) is 2. The van der Waals surface area contributed by atoms with E-state index in [0.29, 0.717) is 6.92 Å². The monoisotopic (exact) mass is 410 g/mol. The van der Waals surface area contributed by atoms with Crippen LogP contribution < -0.4 is 0 Å². The molecular formula is C16H23ClO10. The summed E-state index contributed by atoms with van der Waals surface area (Å²) < 4.78 is 10.3. The van der Waals surface area contributed by atoms with Crippen molar-refractivity contribution >= 4 is 34.7 Å². The molecule has 1 heterocycles. The highest BCUT2D eigenvalue weighted by molar-refractivity contribution is 6.18. The van der Waals surface area contributed by atoms with Crippen molar-refractivity contribution in [3.63, 3.8) is 0 Å². The number of aliphatic hydroxyl groups is 4. The quantitative estimate of drug-likeness (QED) is 0.324. The maximum Gasteiger partial charge on any atom is 0.213 e. The first-order chi connectivity index (χ1) is 12.2. The number of rotatable bonds is 8. The molecule has 10 nitrogen and oxygen atoms in total. The van der Waals surface area contributed by atoms with Gasteiger partial charge in [-0.05, 0) is 27.7 Å². The van der Waals surface area contributed by atoms with Crippen molar-refractivity contribution < 1.29 is 49.1 Å². The van der Waals surface area contributed by atoms with Gasteiger partial charge in [0.25, 0.3) is 0 Å². The lowest BCUT2D eigenvalue weighted by Gasteiger charge is -2.57. The number of carbonyl (C=O) groups excluding carboxylic acids is 4. The summed E-state index contributed by atoms with van der Waals surface area (Å²) >= 11 is 5.50. The fourth-order valence-electron chi connectivity index (χ4n) is 3.17. The molecule has 0 radical (unpaired) electrons. The van der Waals surface area contributed by atoms with Gasteiger partial charge in [-0.3, -0.25) is 19.2 Å². The van der Waals surface area contributed by atoms with E-state index >= 15 is 0 Å². The van der Waals surface area contributed by atoms with E-state index in [-0.39, 0.29) is 12.5 Å². The van der Waals surface area contributed by atoms with Crippen molar-refractivity contribution in [1.82, 2.24) is 0 Å². The van der Waals surface area contributed by atoms with Gasteiger partial charge in [-0.2, -0.15) is 0 Å². The summed E-state index contributed by atoms with van der Waals surface area (Å²) in [5.41, 5.74) is -10.1. The zero-order valence-electron chi connectivity index (χ0n) is 15.3. The molecule has 4 N–H and O–H groups in total. The van der Waals surface area contributed by atoms with Crippen LogP contribution in [0.2, 0.25) is 0 Å². The second-order valence-corrected chi connectivity index (χ2v) is 6.78. The smallest absolute Gasteiger partial charge is 0.213 e. The minimum atomic E-state index is -3.51. The lowest BCUT2D eigenvalue weighted by atomic mass is 9.60. The third kappa shape index (κ3) is 3.25. The number of hydrogen-bond acceptors (Lipinski definition) is 10. The van der Waals surface area contributed by atoms with Gasteiger partial charge in [0.2, 0.25) is 11.2 Å². The Labute approximate surface area is 160 Å². The van der Waals surface area contributed by atoms with Crippen LogP contribution in [0.5, 0.6) is 0 Å². The van der Waals surface area contributed by atoms with Gasteiger partial charge in [-0.15, -0.1) is 11.6 Å². The maximum atomic E-state index is 12.4. The Morgan fingerprint density at radius 2 is 1.52 bits per heavy atom. The fraction of sp³-hybridized carbons (Fsp3) is 0.750. The van der Waals surface area contributed by atoms with Crippen LogP contribution in [0, 0.1) is 0 Å². The second kappa shape index (κ2) is 8.00. The van der Waals surface area contributed by atoms with Gasteiger partial charge in [0.15, 0.2) is 41.1 Å². The Morgan fingerprint density at radius 3 is 1.85 bits per heavy atom. The van der Waals surface area contributed by atoms with Crippen molar-refractivity contribution in [1.29, 1.82) is 0 Å². The van der Waals surface area contributed by atoms with Crippen molar-refractivity contribution in [2.75, 3.05) is 12.5 Å². The number of hydrogen-bond donors (Lipinski definition) is 4. The molecule has 0 amide bonds. The van der Waals surface area contributed by atoms with E-state index in [9.17, 15) is 39.6 Å². The Hall–Kier alpha value is -1.27. The zero-order valence-corrected chi connectivity index (χ0v) is 16.0. The molecule has 0 aliphatic carbocycles. The standard InChI is InChI=1S/C16H23ClO10/c1-7(18)11(22)12-14(23,8(2)19)16(25,10(4)21)15(24,9(3)20)13(27-12)26-6-5-17/h7,12-13,18,23-25H,5-6H2,1-4H3/t7?,12-,13+,14-,15+,16+/m1/s1. The van der Waals surface area contributed by atoms with Crippen LogP contribution in [-0.4, -0.2) is 91.3 Å². The summed E-state index contributed by atoms with van der Waals surface area (Å²) in [7, 11) is 0. The summed E-state index contributed by atoms with van der Waals surface area (Å²) in [6, 6.07) is 0. The number of halogens is 1. The highest BCUT2D eigenvalue weighted by atomic mass is 35.5. The topological polar surface area (TPSA) is 168 Å². The molecule has 0 aromatic carbocycles. The molecule has 0 bridgehead atoms. The molecule has 1 aliphatic heterocycles. The van der Waals surface area contributed by atoms with Gasteiger partial charge in [-0.25, -0.2) is 0 Å². The van der Waals surface area contributed by atoms with Crippen molar-refractivity contribution in [3.8, 4) is 0 Å². The Kier molecular flexibility index (Phi) is 7.04. The molecule has 0 spiro atoms. The van der Waals surface area contributed by atoms with Crippen molar-refractivity contribution in [2.45, 2.75) is 63.0 Å². The highest BCUT2D eigenvalue weighted by Crippen LogP contribution is 2.47. The van der Waals surface area contributed by atoms with Gasteiger partial charge < -0.3 is 29.9 Å². The normalized spacial score (nSPS) is 37.5. The lowest BCUT2D eigenvalue weighted by Crippen LogP contribution is -2.87. The molecule has 0 aromatic rings. The number of Topliss-reactive ketones (excluding diaryl/α,β-unsaturated/α-hetero) is 4. The van der Waals surface area contributed by atoms with E-state index in [1.807, 2.05) is 0 Å². The van der Waals surface area contributed by atoms with Crippen LogP contribution in [0.3, 0.4) is 0 Å². The van der Waals surface area contributed by atoms with Crippen LogP contribution in [-0.2, 0) is 28.7 Å². The van der Waals surface area contributed by atoms with Crippen LogP contribution in [0.1, 0.15) is 27.7 Å². The SMILES string of the molecule is CC(=O)[C@]1(O)[C@@](O)(C(C)=O)[C@@H](C(=O)C(C)O)O[C@H](OCCCl)[C@@]1(O)C(C)=O. The molecule has 6 atom stereocenters. The van der Waals surface area contributed by atoms with E-state index in [2.05, 4.69) is 0 Å². The average Bonchev–Trinajstić information content (AvgIpc) is 2.57. The molecular weight excluding hydrogens is 388 g/mol. The molecule has 1 saturated heterocycles. The fourth-order valence-corrected chi connectivity index (χ4v) is 3.26. The van der Waals surface area contributed by atoms with Crippen molar-refractivity contribution in [3.05, 3.63) is 0 Å². The third-order valence-corrected chi connectivity index (χ3v) is 4.84. The van der Waals surface area contributed by atoms with Gasteiger partial charge in [0, 0.05) is 5.88 Å². The first-order valence-electron chi connectivity index (χ1n) is 7.99. The van der Waals surface area contributed by atoms with Crippen LogP contribution in [0.4, 0.5) is 0 Å². The van der Waals surface area contributed by atoms with Gasteiger partial charge >= 0.3 is 0 Å². The van der Waals surface area contributed by atoms with Gasteiger partial charge in [-0.1, -0.05) is 0 Å². The van der Waals surface area contributed by atoms with E-state index < -0.39 is 58.4 Å². The molecule has 27 heavy (non-hydrogen) atoms. The molecule has 11 heteroatoms. The second-order valence-electron chi connectivity index (χ2n) is 6.40. The zero-order chi connectivity index (χ0) is 21.4. The number of aliphatic hydroxyl groups excluding tert-OH is 1. The first-order valence-corrected chi connectivity index (χ1v) is 8.53. The maximum absolute atomic E-state index is 12.4. The van der Waals surface area contributed by atoms with Crippen molar-refractivity contribution in [2.24, 2.45) is 0 Å². The van der Waals surface area contributed by atoms with Gasteiger partial charge in [0.1, 0.15) is 6.10 Å². The predicted octanol–water partition coefficient (Wildman–Crippen LogP) is -2.12. The summed E-state index contributed by atoms with van der Waals surface area (Å²) in [5.74, 6) is -5.46. The molecule has 1 aliphatic rings.